The second-order valence-electron chi connectivity index (χ2n) is 7.32. The highest BCUT2D eigenvalue weighted by atomic mass is 19.4. The van der Waals surface area contributed by atoms with Crippen LogP contribution in [0.25, 0.3) is 22.6 Å². The number of hydrogen-bond donors (Lipinski definition) is 1. The number of oxime groups is 1. The minimum Gasteiger partial charge on any atom is -0.436 e. The van der Waals surface area contributed by atoms with Crippen LogP contribution in [0.3, 0.4) is 0 Å². The lowest BCUT2D eigenvalue weighted by molar-refractivity contribution is -0.274. The summed E-state index contributed by atoms with van der Waals surface area (Å²) in [5, 5.41) is 6.37. The van der Waals surface area contributed by atoms with Gasteiger partial charge in [-0.3, -0.25) is 10.2 Å². The lowest BCUT2D eigenvalue weighted by Crippen LogP contribution is -2.16. The monoisotopic (exact) mass is 469 g/mol. The molecule has 0 unspecified atom stereocenters. The van der Waals surface area contributed by atoms with Crippen LogP contribution in [0, 0.1) is 13.8 Å². The number of alkyl halides is 3. The fraction of sp³-hybridized carbons (Fsp3) is 0.125. The summed E-state index contributed by atoms with van der Waals surface area (Å²) in [4.78, 5) is 21.3. The van der Waals surface area contributed by atoms with E-state index in [0.29, 0.717) is 27.9 Å². The number of amides is 1. The van der Waals surface area contributed by atoms with Crippen LogP contribution in [0.15, 0.2) is 70.2 Å². The lowest BCUT2D eigenvalue weighted by atomic mass is 10.1. The van der Waals surface area contributed by atoms with E-state index in [-0.39, 0.29) is 11.6 Å². The summed E-state index contributed by atoms with van der Waals surface area (Å²) in [7, 11) is 0. The van der Waals surface area contributed by atoms with Gasteiger partial charge in [-0.05, 0) is 73.0 Å². The van der Waals surface area contributed by atoms with Crippen LogP contribution in [-0.4, -0.2) is 23.7 Å². The van der Waals surface area contributed by atoms with Gasteiger partial charge in [0, 0.05) is 11.3 Å². The molecule has 174 valence electrons. The molecule has 1 heterocycles. The maximum atomic E-state index is 12.3. The van der Waals surface area contributed by atoms with Gasteiger partial charge in [0.05, 0.1) is 6.21 Å². The van der Waals surface area contributed by atoms with Gasteiger partial charge in [0.15, 0.2) is 5.58 Å². The van der Waals surface area contributed by atoms with E-state index < -0.39 is 12.5 Å². The van der Waals surface area contributed by atoms with Crippen molar-refractivity contribution in [3.05, 3.63) is 77.4 Å². The van der Waals surface area contributed by atoms with E-state index in [1.165, 1.54) is 30.5 Å². The Balaban J connectivity index is 1.43. The Morgan fingerprint density at radius 3 is 2.44 bits per heavy atom. The Kier molecular flexibility index (Phi) is 6.22. The number of nitrogens with zero attached hydrogens (tertiary/aromatic N) is 2. The zero-order valence-corrected chi connectivity index (χ0v) is 18.0. The predicted octanol–water partition coefficient (Wildman–Crippen LogP) is 6.59. The smallest absolute Gasteiger partial charge is 0.436 e. The van der Waals surface area contributed by atoms with Gasteiger partial charge < -0.3 is 9.15 Å². The van der Waals surface area contributed by atoms with Crippen molar-refractivity contribution in [3.63, 3.8) is 0 Å². The minimum atomic E-state index is -4.76. The molecule has 1 aromatic heterocycles. The average molecular weight is 469 g/mol. The molecule has 0 aliphatic carbocycles. The Morgan fingerprint density at radius 2 is 1.76 bits per heavy atom. The number of anilines is 1. The van der Waals surface area contributed by atoms with E-state index in [1.807, 2.05) is 32.0 Å². The highest BCUT2D eigenvalue weighted by Gasteiger charge is 2.31. The van der Waals surface area contributed by atoms with Gasteiger partial charge in [-0.15, -0.1) is 13.2 Å². The van der Waals surface area contributed by atoms with Crippen molar-refractivity contribution in [1.82, 2.24) is 4.98 Å². The van der Waals surface area contributed by atoms with Crippen LogP contribution in [0.4, 0.5) is 23.7 Å². The molecule has 1 amide bonds. The van der Waals surface area contributed by atoms with Crippen LogP contribution in [0.5, 0.6) is 5.75 Å². The molecule has 34 heavy (non-hydrogen) atoms. The lowest BCUT2D eigenvalue weighted by Gasteiger charge is -2.09. The molecule has 4 rings (SSSR count). The molecular weight excluding hydrogens is 451 g/mol. The molecule has 0 fully saturated rings. The fourth-order valence-corrected chi connectivity index (χ4v) is 3.22. The van der Waals surface area contributed by atoms with E-state index in [2.05, 4.69) is 20.2 Å². The topological polar surface area (TPSA) is 86.0 Å². The number of nitrogens with one attached hydrogen (secondary N) is 1. The first kappa shape index (κ1) is 22.8. The van der Waals surface area contributed by atoms with Gasteiger partial charge in [0.25, 0.3) is 0 Å². The van der Waals surface area contributed by atoms with Gasteiger partial charge >= 0.3 is 12.5 Å². The van der Waals surface area contributed by atoms with E-state index in [4.69, 9.17) is 9.25 Å². The standard InChI is InChI=1S/C24H18F3N3O4/c1-14-4-3-5-15(2)21(14)30-23(31)34-28-13-16-6-11-20-19(12-16)29-22(32-20)17-7-9-18(10-8-17)33-24(25,26)27/h3-13H,1-2H3,(H,30,31)/b28-13+. The predicted molar refractivity (Wildman–Crippen MR) is 120 cm³/mol. The average Bonchev–Trinajstić information content (AvgIpc) is 3.19. The summed E-state index contributed by atoms with van der Waals surface area (Å²) in [6.07, 6.45) is -4.14. The third kappa shape index (κ3) is 5.52. The molecule has 0 spiro atoms. The quantitative estimate of drug-likeness (QED) is 0.202. The van der Waals surface area contributed by atoms with Crippen molar-refractivity contribution in [1.29, 1.82) is 0 Å². The highest BCUT2D eigenvalue weighted by Crippen LogP contribution is 2.28. The van der Waals surface area contributed by atoms with Crippen LogP contribution in [-0.2, 0) is 4.84 Å². The van der Waals surface area contributed by atoms with Gasteiger partial charge in [0.2, 0.25) is 5.89 Å². The Hall–Kier alpha value is -4.34. The fourth-order valence-electron chi connectivity index (χ4n) is 3.22. The Morgan fingerprint density at radius 1 is 1.06 bits per heavy atom. The van der Waals surface area contributed by atoms with Crippen LogP contribution in [0.2, 0.25) is 0 Å². The maximum absolute atomic E-state index is 12.3. The van der Waals surface area contributed by atoms with Crippen molar-refractivity contribution in [2.24, 2.45) is 5.16 Å². The molecule has 0 radical (unpaired) electrons. The zero-order chi connectivity index (χ0) is 24.3. The molecule has 0 saturated heterocycles. The number of ether oxygens (including phenoxy) is 1. The third-order valence-corrected chi connectivity index (χ3v) is 4.79. The van der Waals surface area contributed by atoms with Crippen LogP contribution in [0.1, 0.15) is 16.7 Å². The molecule has 0 saturated carbocycles. The first-order valence-electron chi connectivity index (χ1n) is 10.0. The molecule has 3 aromatic carbocycles. The molecule has 0 bridgehead atoms. The van der Waals surface area contributed by atoms with E-state index >= 15 is 0 Å². The molecular formula is C24H18F3N3O4. The minimum absolute atomic E-state index is 0.229. The molecule has 0 atom stereocenters. The normalized spacial score (nSPS) is 11.7. The number of aromatic nitrogens is 1. The largest absolute Gasteiger partial charge is 0.573 e. The molecule has 0 aliphatic rings. The second kappa shape index (κ2) is 9.26. The van der Waals surface area contributed by atoms with Crippen molar-refractivity contribution in [2.75, 3.05) is 5.32 Å². The van der Waals surface area contributed by atoms with E-state index in [9.17, 15) is 18.0 Å². The SMILES string of the molecule is Cc1cccc(C)c1NC(=O)O/N=C/c1ccc2oc(-c3ccc(OC(F)(F)F)cc3)nc2c1. The molecule has 0 aliphatic heterocycles. The van der Waals surface area contributed by atoms with E-state index in [1.54, 1.807) is 18.2 Å². The Labute approximate surface area is 191 Å². The number of oxazole rings is 1. The zero-order valence-electron chi connectivity index (χ0n) is 18.0. The molecule has 1 N–H and O–H groups in total. The van der Waals surface area contributed by atoms with Gasteiger partial charge in [0.1, 0.15) is 11.3 Å². The van der Waals surface area contributed by atoms with Crippen molar-refractivity contribution in [2.45, 2.75) is 20.2 Å². The first-order valence-corrected chi connectivity index (χ1v) is 10.0. The van der Waals surface area contributed by atoms with Crippen molar-refractivity contribution >= 4 is 29.1 Å². The highest BCUT2D eigenvalue weighted by molar-refractivity contribution is 5.89. The first-order chi connectivity index (χ1) is 16.2. The number of hydrogen-bond acceptors (Lipinski definition) is 6. The molecule has 4 aromatic rings. The van der Waals surface area contributed by atoms with Crippen LogP contribution < -0.4 is 10.1 Å². The van der Waals surface area contributed by atoms with Crippen LogP contribution >= 0.6 is 0 Å². The van der Waals surface area contributed by atoms with E-state index in [0.717, 1.165) is 11.1 Å². The molecule has 7 nitrogen and oxygen atoms in total. The summed E-state index contributed by atoms with van der Waals surface area (Å²) in [6, 6.07) is 15.8. The number of rotatable bonds is 5. The number of para-hydroxylation sites is 1. The van der Waals surface area contributed by atoms with Crippen molar-refractivity contribution in [3.8, 4) is 17.2 Å². The Bertz CT molecular complexity index is 1340. The summed E-state index contributed by atoms with van der Waals surface area (Å²) in [6.45, 7) is 3.75. The van der Waals surface area contributed by atoms with Gasteiger partial charge in [-0.1, -0.05) is 23.4 Å². The molecule has 10 heteroatoms. The number of carbonyl (C=O) groups excluding carboxylic acids is 1. The number of carbonyl (C=O) groups is 1. The maximum Gasteiger partial charge on any atom is 0.573 e. The number of aryl methyl sites for hydroxylation is 2. The number of fused-ring (bicyclic) bond motifs is 1. The van der Waals surface area contributed by atoms with Crippen molar-refractivity contribution < 1.29 is 32.0 Å². The van der Waals surface area contributed by atoms with Gasteiger partial charge in [-0.2, -0.15) is 0 Å². The summed E-state index contributed by atoms with van der Waals surface area (Å²) in [5.41, 5.74) is 4.50. The number of halogens is 3. The number of benzene rings is 3. The second-order valence-corrected chi connectivity index (χ2v) is 7.32. The summed E-state index contributed by atoms with van der Waals surface area (Å²) in [5.74, 6) is -0.112. The summed E-state index contributed by atoms with van der Waals surface area (Å²) < 4.78 is 46.5. The summed E-state index contributed by atoms with van der Waals surface area (Å²) >= 11 is 0. The third-order valence-electron chi connectivity index (χ3n) is 4.79. The van der Waals surface area contributed by atoms with Gasteiger partial charge in [-0.25, -0.2) is 9.78 Å².